The topological polar surface area (TPSA) is 37.6 Å². The fourth-order valence-electron chi connectivity index (χ4n) is 3.15. The van der Waals surface area contributed by atoms with Crippen molar-refractivity contribution in [2.45, 2.75) is 40.5 Å². The van der Waals surface area contributed by atoms with E-state index in [4.69, 9.17) is 15.0 Å². The van der Waals surface area contributed by atoms with Gasteiger partial charge in [0.25, 0.3) is 0 Å². The number of aliphatic imine (C=N–C) groups is 2. The molecule has 0 atom stereocenters. The summed E-state index contributed by atoms with van der Waals surface area (Å²) >= 11 is 0. The molecule has 3 aromatic rings. The first-order valence-corrected chi connectivity index (χ1v) is 9.86. The van der Waals surface area contributed by atoms with Gasteiger partial charge in [-0.05, 0) is 62.1 Å². The van der Waals surface area contributed by atoms with Crippen LogP contribution in [-0.4, -0.2) is 16.4 Å². The smallest absolute Gasteiger partial charge is 0.0849 e. The van der Waals surface area contributed by atoms with Crippen LogP contribution in [0.2, 0.25) is 0 Å². The molecular formula is C25H29Br2CoN3. The Morgan fingerprint density at radius 3 is 1.42 bits per heavy atom. The van der Waals surface area contributed by atoms with E-state index in [0.29, 0.717) is 0 Å². The summed E-state index contributed by atoms with van der Waals surface area (Å²) in [6, 6.07) is 22.5. The second kappa shape index (κ2) is 14.5. The van der Waals surface area contributed by atoms with Gasteiger partial charge in [-0.1, -0.05) is 56.3 Å². The minimum atomic E-state index is 0. The number of nitrogens with zero attached hydrogens (tertiary/aromatic N) is 3. The SMILES string of the molecule is Br.Br.CCc1ccccc1N=C(C)c1cccc(C(C)=Nc2ccccc2CC)n1.[Co]. The summed E-state index contributed by atoms with van der Waals surface area (Å²) in [6.07, 6.45) is 1.92. The first-order valence-electron chi connectivity index (χ1n) is 9.86. The van der Waals surface area contributed by atoms with Crippen molar-refractivity contribution < 1.29 is 16.8 Å². The Balaban J connectivity index is 0.00000300. The van der Waals surface area contributed by atoms with Crippen LogP contribution in [0.15, 0.2) is 76.7 Å². The van der Waals surface area contributed by atoms with E-state index in [1.807, 2.05) is 44.2 Å². The number of halogens is 2. The fraction of sp³-hybridized carbons (Fsp3) is 0.240. The average molecular weight is 590 g/mol. The molecule has 0 saturated carbocycles. The molecule has 0 aliphatic carbocycles. The molecule has 31 heavy (non-hydrogen) atoms. The van der Waals surface area contributed by atoms with Crippen LogP contribution in [0.25, 0.3) is 0 Å². The monoisotopic (exact) mass is 588 g/mol. The van der Waals surface area contributed by atoms with Crippen LogP contribution in [0.3, 0.4) is 0 Å². The molecule has 0 N–H and O–H groups in total. The Hall–Kier alpha value is -1.60. The Kier molecular flexibility index (Phi) is 13.7. The molecule has 3 nitrogen and oxygen atoms in total. The van der Waals surface area contributed by atoms with Crippen molar-refractivity contribution in [1.29, 1.82) is 0 Å². The zero-order valence-corrected chi connectivity index (χ0v) is 22.7. The van der Waals surface area contributed by atoms with Crippen molar-refractivity contribution >= 4 is 56.8 Å². The first kappa shape index (κ1) is 29.4. The van der Waals surface area contributed by atoms with Gasteiger partial charge >= 0.3 is 0 Å². The van der Waals surface area contributed by atoms with Crippen LogP contribution in [0.5, 0.6) is 0 Å². The maximum Gasteiger partial charge on any atom is 0.0849 e. The summed E-state index contributed by atoms with van der Waals surface area (Å²) < 4.78 is 0. The number of pyridine rings is 1. The molecule has 0 fully saturated rings. The molecule has 0 unspecified atom stereocenters. The van der Waals surface area contributed by atoms with Crippen LogP contribution in [-0.2, 0) is 29.6 Å². The van der Waals surface area contributed by atoms with Crippen LogP contribution in [0.1, 0.15) is 50.2 Å². The van der Waals surface area contributed by atoms with Crippen LogP contribution < -0.4 is 0 Å². The molecule has 0 aliphatic heterocycles. The molecule has 1 radical (unpaired) electrons. The third kappa shape index (κ3) is 7.79. The van der Waals surface area contributed by atoms with Gasteiger partial charge in [0.1, 0.15) is 0 Å². The molecule has 1 aromatic heterocycles. The number of hydrogen-bond acceptors (Lipinski definition) is 3. The largest absolute Gasteiger partial charge is 0.251 e. The number of hydrogen-bond donors (Lipinski definition) is 0. The van der Waals surface area contributed by atoms with Crippen LogP contribution >= 0.6 is 34.0 Å². The molecular weight excluding hydrogens is 561 g/mol. The maximum absolute atomic E-state index is 4.83. The van der Waals surface area contributed by atoms with Gasteiger partial charge in [0.15, 0.2) is 0 Å². The number of benzene rings is 2. The van der Waals surface area contributed by atoms with E-state index < -0.39 is 0 Å². The summed E-state index contributed by atoms with van der Waals surface area (Å²) in [5.74, 6) is 0. The summed E-state index contributed by atoms with van der Waals surface area (Å²) in [5, 5.41) is 0. The van der Waals surface area contributed by atoms with Crippen molar-refractivity contribution in [3.05, 3.63) is 89.2 Å². The predicted molar refractivity (Wildman–Crippen MR) is 140 cm³/mol. The van der Waals surface area contributed by atoms with Gasteiger partial charge in [0.2, 0.25) is 0 Å². The summed E-state index contributed by atoms with van der Waals surface area (Å²) in [4.78, 5) is 14.5. The van der Waals surface area contributed by atoms with E-state index >= 15 is 0 Å². The molecule has 167 valence electrons. The molecule has 0 aliphatic rings. The average Bonchev–Trinajstić information content (AvgIpc) is 2.74. The molecule has 2 aromatic carbocycles. The van der Waals surface area contributed by atoms with E-state index in [9.17, 15) is 0 Å². The second-order valence-corrected chi connectivity index (χ2v) is 6.77. The summed E-state index contributed by atoms with van der Waals surface area (Å²) in [5.41, 5.74) is 8.07. The Morgan fingerprint density at radius 1 is 0.645 bits per heavy atom. The summed E-state index contributed by atoms with van der Waals surface area (Å²) in [6.45, 7) is 8.32. The standard InChI is InChI=1S/C25H27N3.2BrH.Co/c1-5-20-12-7-9-14-24(20)26-18(3)22-16-11-17-23(28-22)19(4)27-25-15-10-8-13-21(25)6-2;;;/h7-17H,5-6H2,1-4H3;2*1H;. The van der Waals surface area contributed by atoms with Crippen molar-refractivity contribution in [2.24, 2.45) is 9.98 Å². The van der Waals surface area contributed by atoms with Crippen molar-refractivity contribution in [2.75, 3.05) is 0 Å². The minimum absolute atomic E-state index is 0. The Morgan fingerprint density at radius 2 is 1.03 bits per heavy atom. The van der Waals surface area contributed by atoms with Crippen molar-refractivity contribution in [1.82, 2.24) is 4.98 Å². The third-order valence-corrected chi connectivity index (χ3v) is 4.81. The van der Waals surface area contributed by atoms with E-state index in [1.165, 1.54) is 11.1 Å². The van der Waals surface area contributed by atoms with Crippen LogP contribution in [0, 0.1) is 0 Å². The van der Waals surface area contributed by atoms with Gasteiger partial charge in [-0.15, -0.1) is 34.0 Å². The number of aryl methyl sites for hydroxylation is 2. The van der Waals surface area contributed by atoms with Crippen LogP contribution in [0.4, 0.5) is 11.4 Å². The summed E-state index contributed by atoms with van der Waals surface area (Å²) in [7, 11) is 0. The molecule has 0 saturated heterocycles. The van der Waals surface area contributed by atoms with Gasteiger partial charge in [0, 0.05) is 16.8 Å². The van der Waals surface area contributed by atoms with Gasteiger partial charge in [0.05, 0.1) is 34.2 Å². The maximum atomic E-state index is 4.83. The second-order valence-electron chi connectivity index (χ2n) is 6.77. The molecule has 1 heterocycles. The zero-order valence-electron chi connectivity index (χ0n) is 18.3. The Bertz CT molecular complexity index is 954. The fourth-order valence-corrected chi connectivity index (χ4v) is 3.15. The molecule has 6 heteroatoms. The van der Waals surface area contributed by atoms with Gasteiger partial charge < -0.3 is 0 Å². The number of rotatable bonds is 6. The van der Waals surface area contributed by atoms with Crippen molar-refractivity contribution in [3.8, 4) is 0 Å². The number of aromatic nitrogens is 1. The first-order chi connectivity index (χ1) is 13.6. The van der Waals surface area contributed by atoms with E-state index in [0.717, 1.165) is 47.0 Å². The van der Waals surface area contributed by atoms with Gasteiger partial charge in [-0.2, -0.15) is 0 Å². The zero-order chi connectivity index (χ0) is 19.9. The predicted octanol–water partition coefficient (Wildman–Crippen LogP) is 7.64. The number of para-hydroxylation sites is 2. The third-order valence-electron chi connectivity index (χ3n) is 4.81. The van der Waals surface area contributed by atoms with Gasteiger partial charge in [-0.25, -0.2) is 4.98 Å². The Labute approximate surface area is 217 Å². The van der Waals surface area contributed by atoms with Gasteiger partial charge in [-0.3, -0.25) is 9.98 Å². The molecule has 0 bridgehead atoms. The van der Waals surface area contributed by atoms with E-state index in [1.54, 1.807) is 0 Å². The molecule has 0 amide bonds. The van der Waals surface area contributed by atoms with E-state index in [2.05, 4.69) is 50.2 Å². The quantitative estimate of drug-likeness (QED) is 0.272. The van der Waals surface area contributed by atoms with Crippen molar-refractivity contribution in [3.63, 3.8) is 0 Å². The normalized spacial score (nSPS) is 11.1. The minimum Gasteiger partial charge on any atom is -0.251 e. The molecule has 3 rings (SSSR count). The van der Waals surface area contributed by atoms with E-state index in [-0.39, 0.29) is 50.7 Å². The molecule has 0 spiro atoms.